The van der Waals surface area contributed by atoms with Crippen molar-refractivity contribution in [3.8, 4) is 0 Å². The van der Waals surface area contributed by atoms with E-state index < -0.39 is 18.2 Å². The second-order valence-corrected chi connectivity index (χ2v) is 14.5. The Labute approximate surface area is 332 Å². The summed E-state index contributed by atoms with van der Waals surface area (Å²) in [5.74, 6) is -0.573. The maximum atomic E-state index is 13.1. The predicted molar refractivity (Wildman–Crippen MR) is 231 cm³/mol. The molecule has 0 aromatic heterocycles. The zero-order valence-electron chi connectivity index (χ0n) is 34.8. The van der Waals surface area contributed by atoms with Gasteiger partial charge in [0.15, 0.2) is 0 Å². The van der Waals surface area contributed by atoms with Gasteiger partial charge >= 0.3 is 5.97 Å². The van der Waals surface area contributed by atoms with Crippen LogP contribution in [0.4, 0.5) is 0 Å². The highest BCUT2D eigenvalue weighted by Crippen LogP contribution is 2.16. The molecule has 0 saturated heterocycles. The second kappa shape index (κ2) is 41.2. The molecule has 3 unspecified atom stereocenters. The number of allylic oxidation sites excluding steroid dienone is 14. The summed E-state index contributed by atoms with van der Waals surface area (Å²) in [6, 6.07) is -0.728. The molecule has 1 amide bonds. The quantitative estimate of drug-likeness (QED) is 0.0254. The Morgan fingerprint density at radius 3 is 1.67 bits per heavy atom. The van der Waals surface area contributed by atoms with Crippen LogP contribution >= 0.6 is 0 Å². The van der Waals surface area contributed by atoms with E-state index in [1.807, 2.05) is 60.8 Å². The van der Waals surface area contributed by atoms with E-state index in [1.165, 1.54) is 57.8 Å². The fourth-order valence-electron chi connectivity index (χ4n) is 6.06. The second-order valence-electron chi connectivity index (χ2n) is 14.5. The third-order valence-corrected chi connectivity index (χ3v) is 9.35. The zero-order chi connectivity index (χ0) is 39.6. The summed E-state index contributed by atoms with van der Waals surface area (Å²) in [5, 5.41) is 23.5. The standard InChI is InChI=1S/C48H81NO5/c1-4-7-10-13-16-19-22-23-24-25-26-27-30-33-36-39-44(54-48(53)41-38-35-32-29-21-18-15-12-9-6-3)42-47(52)49-45(43-50)46(51)40-37-34-31-28-20-17-14-11-8-5-2/h7,10,12-13,15-16,19,22-27,30,44-46,50-51H,4-6,8-9,11,14,17-18,20-21,28-29,31-43H2,1-3H3,(H,49,52)/b10-7-,15-12-,16-13+,22-19+,24-23-,26-25+,30-27+. The van der Waals surface area contributed by atoms with Gasteiger partial charge in [-0.15, -0.1) is 0 Å². The minimum atomic E-state index is -0.810. The third-order valence-electron chi connectivity index (χ3n) is 9.35. The number of ether oxygens (including phenoxy) is 1. The van der Waals surface area contributed by atoms with E-state index in [-0.39, 0.29) is 24.9 Å². The molecule has 0 radical (unpaired) electrons. The molecule has 54 heavy (non-hydrogen) atoms. The SMILES string of the molecule is CC\C=C/C=C/C=C/C=C\C=C\C=C\CCCC(CC(=O)NC(CO)C(O)CCCCCCCCCCCC)OC(=O)CCCCCCC/C=C\CCC. The predicted octanol–water partition coefficient (Wildman–Crippen LogP) is 12.4. The third kappa shape index (κ3) is 36.0. The minimum Gasteiger partial charge on any atom is -0.462 e. The molecule has 0 aliphatic carbocycles. The van der Waals surface area contributed by atoms with Crippen LogP contribution in [0, 0.1) is 0 Å². The van der Waals surface area contributed by atoms with E-state index in [0.717, 1.165) is 77.0 Å². The maximum absolute atomic E-state index is 13.1. The van der Waals surface area contributed by atoms with Crippen LogP contribution in [0.1, 0.15) is 181 Å². The molecule has 0 bridgehead atoms. The van der Waals surface area contributed by atoms with Crippen molar-refractivity contribution in [2.45, 2.75) is 200 Å². The lowest BCUT2D eigenvalue weighted by Crippen LogP contribution is -2.46. The zero-order valence-corrected chi connectivity index (χ0v) is 34.8. The Hall–Kier alpha value is -2.96. The van der Waals surface area contributed by atoms with Gasteiger partial charge in [-0.05, 0) is 57.8 Å². The molecule has 308 valence electrons. The highest BCUT2D eigenvalue weighted by atomic mass is 16.5. The van der Waals surface area contributed by atoms with Crippen LogP contribution in [0.25, 0.3) is 0 Å². The molecule has 0 fully saturated rings. The van der Waals surface area contributed by atoms with Gasteiger partial charge in [0.25, 0.3) is 0 Å². The first kappa shape index (κ1) is 51.0. The number of esters is 1. The molecule has 0 aliphatic heterocycles. The van der Waals surface area contributed by atoms with E-state index >= 15 is 0 Å². The van der Waals surface area contributed by atoms with Crippen molar-refractivity contribution < 1.29 is 24.5 Å². The lowest BCUT2D eigenvalue weighted by Gasteiger charge is -2.24. The largest absolute Gasteiger partial charge is 0.462 e. The first-order valence-electron chi connectivity index (χ1n) is 21.9. The molecule has 0 aromatic rings. The van der Waals surface area contributed by atoms with E-state index in [4.69, 9.17) is 4.74 Å². The summed E-state index contributed by atoms with van der Waals surface area (Å²) in [6.45, 7) is 6.21. The fourth-order valence-corrected chi connectivity index (χ4v) is 6.06. The Balaban J connectivity index is 4.82. The van der Waals surface area contributed by atoms with Gasteiger partial charge in [0.2, 0.25) is 5.91 Å². The summed E-state index contributed by atoms with van der Waals surface area (Å²) in [7, 11) is 0. The normalized spacial score (nSPS) is 14.2. The van der Waals surface area contributed by atoms with Crippen LogP contribution in [0.15, 0.2) is 85.1 Å². The number of amides is 1. The number of rotatable bonds is 37. The van der Waals surface area contributed by atoms with Crippen molar-refractivity contribution in [1.29, 1.82) is 0 Å². The van der Waals surface area contributed by atoms with Gasteiger partial charge < -0.3 is 20.3 Å². The Morgan fingerprint density at radius 1 is 0.556 bits per heavy atom. The summed E-state index contributed by atoms with van der Waals surface area (Å²) >= 11 is 0. The van der Waals surface area contributed by atoms with Gasteiger partial charge in [-0.1, -0.05) is 196 Å². The van der Waals surface area contributed by atoms with E-state index in [2.05, 4.69) is 50.4 Å². The maximum Gasteiger partial charge on any atom is 0.306 e. The van der Waals surface area contributed by atoms with E-state index in [1.54, 1.807) is 0 Å². The molecule has 0 spiro atoms. The smallest absolute Gasteiger partial charge is 0.306 e. The van der Waals surface area contributed by atoms with Crippen LogP contribution in [0.5, 0.6) is 0 Å². The van der Waals surface area contributed by atoms with Crippen molar-refractivity contribution in [2.24, 2.45) is 0 Å². The molecule has 0 saturated carbocycles. The van der Waals surface area contributed by atoms with Crippen molar-refractivity contribution in [1.82, 2.24) is 5.32 Å². The number of hydrogen-bond donors (Lipinski definition) is 3. The fraction of sp³-hybridized carbons (Fsp3) is 0.667. The van der Waals surface area contributed by atoms with Gasteiger partial charge in [-0.25, -0.2) is 0 Å². The van der Waals surface area contributed by atoms with Crippen LogP contribution in [-0.4, -0.2) is 46.9 Å². The van der Waals surface area contributed by atoms with Gasteiger partial charge in [-0.2, -0.15) is 0 Å². The average Bonchev–Trinajstić information content (AvgIpc) is 3.16. The Morgan fingerprint density at radius 2 is 1.07 bits per heavy atom. The van der Waals surface area contributed by atoms with Crippen LogP contribution in [0.3, 0.4) is 0 Å². The Bertz CT molecular complexity index is 1070. The molecular formula is C48H81NO5. The molecule has 3 atom stereocenters. The number of carbonyl (C=O) groups is 2. The molecule has 0 aliphatic rings. The number of nitrogens with one attached hydrogen (secondary N) is 1. The lowest BCUT2D eigenvalue weighted by atomic mass is 10.0. The van der Waals surface area contributed by atoms with Gasteiger partial charge in [0, 0.05) is 6.42 Å². The van der Waals surface area contributed by atoms with Crippen molar-refractivity contribution >= 4 is 11.9 Å². The van der Waals surface area contributed by atoms with Crippen molar-refractivity contribution in [3.05, 3.63) is 85.1 Å². The topological polar surface area (TPSA) is 95.9 Å². The average molecular weight is 752 g/mol. The van der Waals surface area contributed by atoms with Crippen molar-refractivity contribution in [3.63, 3.8) is 0 Å². The minimum absolute atomic E-state index is 0.0186. The summed E-state index contributed by atoms with van der Waals surface area (Å²) in [6.07, 6.45) is 52.2. The van der Waals surface area contributed by atoms with Gasteiger partial charge in [0.1, 0.15) is 6.10 Å². The number of unbranched alkanes of at least 4 members (excludes halogenated alkanes) is 16. The van der Waals surface area contributed by atoms with Gasteiger partial charge in [-0.3, -0.25) is 9.59 Å². The number of aliphatic hydroxyl groups excluding tert-OH is 2. The molecule has 6 nitrogen and oxygen atoms in total. The van der Waals surface area contributed by atoms with Crippen LogP contribution < -0.4 is 5.32 Å². The molecule has 6 heteroatoms. The van der Waals surface area contributed by atoms with Gasteiger partial charge in [0.05, 0.1) is 25.2 Å². The molecule has 0 aromatic carbocycles. The highest BCUT2D eigenvalue weighted by Gasteiger charge is 2.23. The summed E-state index contributed by atoms with van der Waals surface area (Å²) < 4.78 is 5.84. The number of aliphatic hydroxyl groups is 2. The molecule has 0 heterocycles. The monoisotopic (exact) mass is 752 g/mol. The lowest BCUT2D eigenvalue weighted by molar-refractivity contribution is -0.151. The van der Waals surface area contributed by atoms with Crippen LogP contribution in [0.2, 0.25) is 0 Å². The first-order chi connectivity index (χ1) is 26.5. The molecule has 3 N–H and O–H groups in total. The molecule has 0 rings (SSSR count). The first-order valence-corrected chi connectivity index (χ1v) is 21.9. The van der Waals surface area contributed by atoms with Crippen molar-refractivity contribution in [2.75, 3.05) is 6.61 Å². The van der Waals surface area contributed by atoms with Crippen LogP contribution in [-0.2, 0) is 14.3 Å². The Kier molecular flexibility index (Phi) is 38.9. The van der Waals surface area contributed by atoms with E-state index in [0.29, 0.717) is 19.3 Å². The number of hydrogen-bond acceptors (Lipinski definition) is 5. The van der Waals surface area contributed by atoms with E-state index in [9.17, 15) is 19.8 Å². The summed E-state index contributed by atoms with van der Waals surface area (Å²) in [4.78, 5) is 25.9. The highest BCUT2D eigenvalue weighted by molar-refractivity contribution is 5.77. The number of carbonyl (C=O) groups excluding carboxylic acids is 2. The summed E-state index contributed by atoms with van der Waals surface area (Å²) in [5.41, 5.74) is 0. The molecular weight excluding hydrogens is 671 g/mol.